The Morgan fingerprint density at radius 3 is 2.90 bits per heavy atom. The first-order valence-electron chi connectivity index (χ1n) is 6.43. The Morgan fingerprint density at radius 2 is 2.10 bits per heavy atom. The van der Waals surface area contributed by atoms with Gasteiger partial charge in [0.15, 0.2) is 0 Å². The SMILES string of the molecule is CCc1cccnc1-c1nc(-c2cccc(Br)c2)cs1. The van der Waals surface area contributed by atoms with E-state index in [2.05, 4.69) is 51.4 Å². The van der Waals surface area contributed by atoms with Crippen molar-refractivity contribution < 1.29 is 0 Å². The minimum Gasteiger partial charge on any atom is -0.253 e. The Kier molecular flexibility index (Phi) is 3.94. The molecule has 4 heteroatoms. The number of pyridine rings is 1. The molecular weight excluding hydrogens is 332 g/mol. The summed E-state index contributed by atoms with van der Waals surface area (Å²) in [6, 6.07) is 12.3. The first-order valence-corrected chi connectivity index (χ1v) is 8.11. The van der Waals surface area contributed by atoms with E-state index in [1.54, 1.807) is 11.3 Å². The molecule has 2 nitrogen and oxygen atoms in total. The first-order chi connectivity index (χ1) is 9.78. The van der Waals surface area contributed by atoms with Crippen LogP contribution < -0.4 is 0 Å². The van der Waals surface area contributed by atoms with E-state index in [0.29, 0.717) is 0 Å². The molecule has 0 spiro atoms. The van der Waals surface area contributed by atoms with Crippen molar-refractivity contribution in [3.8, 4) is 22.0 Å². The normalized spacial score (nSPS) is 10.7. The number of thiazole rings is 1. The second-order valence-electron chi connectivity index (χ2n) is 4.41. The summed E-state index contributed by atoms with van der Waals surface area (Å²) in [6.45, 7) is 2.14. The zero-order chi connectivity index (χ0) is 13.9. The highest BCUT2D eigenvalue weighted by Gasteiger charge is 2.10. The van der Waals surface area contributed by atoms with E-state index in [1.165, 1.54) is 5.56 Å². The van der Waals surface area contributed by atoms with Crippen molar-refractivity contribution in [2.75, 3.05) is 0 Å². The van der Waals surface area contributed by atoms with Gasteiger partial charge in [0.2, 0.25) is 0 Å². The van der Waals surface area contributed by atoms with Crippen LogP contribution in [0.4, 0.5) is 0 Å². The average Bonchev–Trinajstić information content (AvgIpc) is 2.97. The zero-order valence-electron chi connectivity index (χ0n) is 11.0. The van der Waals surface area contributed by atoms with Gasteiger partial charge in [-0.1, -0.05) is 41.1 Å². The Morgan fingerprint density at radius 1 is 1.20 bits per heavy atom. The van der Waals surface area contributed by atoms with E-state index in [-0.39, 0.29) is 0 Å². The standard InChI is InChI=1S/C16H13BrN2S/c1-2-11-6-4-8-18-15(11)16-19-14(10-20-16)12-5-3-7-13(17)9-12/h3-10H,2H2,1H3. The van der Waals surface area contributed by atoms with Gasteiger partial charge in [0, 0.05) is 21.6 Å². The molecule has 0 bridgehead atoms. The fraction of sp³-hybridized carbons (Fsp3) is 0.125. The summed E-state index contributed by atoms with van der Waals surface area (Å²) in [7, 11) is 0. The van der Waals surface area contributed by atoms with Crippen molar-refractivity contribution in [1.29, 1.82) is 0 Å². The molecule has 2 aromatic heterocycles. The summed E-state index contributed by atoms with van der Waals surface area (Å²) >= 11 is 5.14. The van der Waals surface area contributed by atoms with E-state index < -0.39 is 0 Å². The number of rotatable bonds is 3. The molecule has 3 aromatic rings. The molecule has 0 aliphatic heterocycles. The lowest BCUT2D eigenvalue weighted by Crippen LogP contribution is -1.90. The highest BCUT2D eigenvalue weighted by molar-refractivity contribution is 9.10. The van der Waals surface area contributed by atoms with Gasteiger partial charge in [0.1, 0.15) is 10.7 Å². The van der Waals surface area contributed by atoms with Crippen LogP contribution in [0.1, 0.15) is 12.5 Å². The maximum absolute atomic E-state index is 4.74. The van der Waals surface area contributed by atoms with Gasteiger partial charge in [-0.3, -0.25) is 4.98 Å². The fourth-order valence-electron chi connectivity index (χ4n) is 2.08. The van der Waals surface area contributed by atoms with Gasteiger partial charge in [-0.25, -0.2) is 4.98 Å². The molecule has 0 saturated heterocycles. The third-order valence-corrected chi connectivity index (χ3v) is 4.44. The number of aryl methyl sites for hydroxylation is 1. The van der Waals surface area contributed by atoms with E-state index >= 15 is 0 Å². The lowest BCUT2D eigenvalue weighted by atomic mass is 10.1. The van der Waals surface area contributed by atoms with Crippen LogP contribution in [0.2, 0.25) is 0 Å². The summed E-state index contributed by atoms with van der Waals surface area (Å²) in [5.41, 5.74) is 4.36. The Labute approximate surface area is 130 Å². The third-order valence-electron chi connectivity index (χ3n) is 3.10. The predicted octanol–water partition coefficient (Wildman–Crippen LogP) is 5.20. The highest BCUT2D eigenvalue weighted by atomic mass is 79.9. The topological polar surface area (TPSA) is 25.8 Å². The van der Waals surface area contributed by atoms with Crippen LogP contribution >= 0.6 is 27.3 Å². The average molecular weight is 345 g/mol. The second kappa shape index (κ2) is 5.85. The smallest absolute Gasteiger partial charge is 0.142 e. The Balaban J connectivity index is 2.02. The Bertz CT molecular complexity index is 737. The van der Waals surface area contributed by atoms with E-state index in [1.807, 2.05) is 24.4 Å². The molecule has 0 fully saturated rings. The van der Waals surface area contributed by atoms with Gasteiger partial charge in [0.05, 0.1) is 5.69 Å². The van der Waals surface area contributed by atoms with Crippen LogP contribution in [0.25, 0.3) is 22.0 Å². The lowest BCUT2D eigenvalue weighted by molar-refractivity contribution is 1.10. The molecule has 0 radical (unpaired) electrons. The predicted molar refractivity (Wildman–Crippen MR) is 87.9 cm³/mol. The van der Waals surface area contributed by atoms with Crippen molar-refractivity contribution in [2.45, 2.75) is 13.3 Å². The second-order valence-corrected chi connectivity index (χ2v) is 6.19. The molecule has 0 N–H and O–H groups in total. The fourth-order valence-corrected chi connectivity index (χ4v) is 3.34. The molecule has 3 rings (SSSR count). The van der Waals surface area contributed by atoms with Gasteiger partial charge in [-0.2, -0.15) is 0 Å². The minimum atomic E-state index is 0.967. The number of hydrogen-bond donors (Lipinski definition) is 0. The third kappa shape index (κ3) is 2.67. The van der Waals surface area contributed by atoms with Crippen LogP contribution in [0.15, 0.2) is 52.4 Å². The maximum Gasteiger partial charge on any atom is 0.142 e. The molecule has 0 aliphatic carbocycles. The summed E-state index contributed by atoms with van der Waals surface area (Å²) in [5, 5.41) is 3.07. The molecule has 0 unspecified atom stereocenters. The number of benzene rings is 1. The van der Waals surface area contributed by atoms with E-state index in [0.717, 1.165) is 32.9 Å². The lowest BCUT2D eigenvalue weighted by Gasteiger charge is -2.02. The molecule has 2 heterocycles. The van der Waals surface area contributed by atoms with Crippen molar-refractivity contribution in [3.63, 3.8) is 0 Å². The van der Waals surface area contributed by atoms with Crippen LogP contribution in [0.3, 0.4) is 0 Å². The van der Waals surface area contributed by atoms with Gasteiger partial charge in [-0.15, -0.1) is 11.3 Å². The maximum atomic E-state index is 4.74. The van der Waals surface area contributed by atoms with Crippen molar-refractivity contribution in [1.82, 2.24) is 9.97 Å². The summed E-state index contributed by atoms with van der Waals surface area (Å²) in [5.74, 6) is 0. The summed E-state index contributed by atoms with van der Waals surface area (Å²) in [6.07, 6.45) is 2.80. The zero-order valence-corrected chi connectivity index (χ0v) is 13.4. The van der Waals surface area contributed by atoms with Crippen molar-refractivity contribution >= 4 is 27.3 Å². The van der Waals surface area contributed by atoms with Gasteiger partial charge >= 0.3 is 0 Å². The van der Waals surface area contributed by atoms with Gasteiger partial charge < -0.3 is 0 Å². The molecule has 20 heavy (non-hydrogen) atoms. The van der Waals surface area contributed by atoms with Crippen LogP contribution in [0, 0.1) is 0 Å². The molecule has 0 saturated carbocycles. The van der Waals surface area contributed by atoms with E-state index in [4.69, 9.17) is 4.98 Å². The molecule has 1 aromatic carbocycles. The van der Waals surface area contributed by atoms with Gasteiger partial charge in [0.25, 0.3) is 0 Å². The highest BCUT2D eigenvalue weighted by Crippen LogP contribution is 2.30. The number of nitrogens with zero attached hydrogens (tertiary/aromatic N) is 2. The van der Waals surface area contributed by atoms with Crippen LogP contribution in [-0.4, -0.2) is 9.97 Å². The van der Waals surface area contributed by atoms with Crippen LogP contribution in [0.5, 0.6) is 0 Å². The summed E-state index contributed by atoms with van der Waals surface area (Å²) in [4.78, 5) is 9.22. The van der Waals surface area contributed by atoms with Crippen LogP contribution in [-0.2, 0) is 6.42 Å². The largest absolute Gasteiger partial charge is 0.253 e. The van der Waals surface area contributed by atoms with E-state index in [9.17, 15) is 0 Å². The number of halogens is 1. The minimum absolute atomic E-state index is 0.967. The number of aromatic nitrogens is 2. The molecule has 0 amide bonds. The molecular formula is C16H13BrN2S. The monoisotopic (exact) mass is 344 g/mol. The molecule has 0 atom stereocenters. The van der Waals surface area contributed by atoms with Gasteiger partial charge in [-0.05, 0) is 30.2 Å². The van der Waals surface area contributed by atoms with Crippen molar-refractivity contribution in [3.05, 3.63) is 58.0 Å². The Hall–Kier alpha value is -1.52. The summed E-state index contributed by atoms with van der Waals surface area (Å²) < 4.78 is 1.07. The molecule has 100 valence electrons. The first kappa shape index (κ1) is 13.5. The number of hydrogen-bond acceptors (Lipinski definition) is 3. The quantitative estimate of drug-likeness (QED) is 0.652. The van der Waals surface area contributed by atoms with Crippen molar-refractivity contribution in [2.24, 2.45) is 0 Å². The molecule has 0 aliphatic rings.